The molecular weight excluding hydrogens is 554 g/mol. The first-order chi connectivity index (χ1) is 22.3. The molecule has 9 rings (SSSR count). The maximum atomic E-state index is 6.29. The summed E-state index contributed by atoms with van der Waals surface area (Å²) in [6.07, 6.45) is 3.78. The minimum Gasteiger partial charge on any atom is -0.456 e. The fourth-order valence-corrected chi connectivity index (χ4v) is 6.23. The molecule has 45 heavy (non-hydrogen) atoms. The van der Waals surface area contributed by atoms with Gasteiger partial charge in [0.25, 0.3) is 0 Å². The zero-order valence-corrected chi connectivity index (χ0v) is 24.1. The molecule has 0 spiro atoms. The van der Waals surface area contributed by atoms with Crippen LogP contribution in [0.3, 0.4) is 0 Å². The molecule has 5 heteroatoms. The van der Waals surface area contributed by atoms with Crippen molar-refractivity contribution in [1.29, 1.82) is 0 Å². The zero-order valence-electron chi connectivity index (χ0n) is 24.1. The summed E-state index contributed by atoms with van der Waals surface area (Å²) in [6.45, 7) is 0. The van der Waals surface area contributed by atoms with Crippen molar-refractivity contribution in [2.45, 2.75) is 0 Å². The third-order valence-electron chi connectivity index (χ3n) is 8.41. The second-order valence-electron chi connectivity index (χ2n) is 11.1. The van der Waals surface area contributed by atoms with E-state index in [2.05, 4.69) is 89.8 Å². The van der Waals surface area contributed by atoms with E-state index in [-0.39, 0.29) is 0 Å². The fourth-order valence-electron chi connectivity index (χ4n) is 6.23. The molecule has 0 N–H and O–H groups in total. The standard InChI is InChI=1S/C40H25N3O2/c1-2-9-26(10-3-1)27-17-19-28(20-18-27)29-24-41-40(42-25-29)43(30-21-22-32-31-11-4-6-14-35(31)45-38(32)23-30)34-13-8-16-37-39(34)33-12-5-7-15-36(33)44-37/h1-25H. The molecule has 0 atom stereocenters. The van der Waals surface area contributed by atoms with E-state index < -0.39 is 0 Å². The molecule has 6 aromatic carbocycles. The Balaban J connectivity index is 1.19. The average molecular weight is 580 g/mol. The van der Waals surface area contributed by atoms with Crippen molar-refractivity contribution in [2.24, 2.45) is 0 Å². The van der Waals surface area contributed by atoms with Crippen LogP contribution in [0.4, 0.5) is 17.3 Å². The van der Waals surface area contributed by atoms with Crippen molar-refractivity contribution in [2.75, 3.05) is 4.90 Å². The molecule has 0 aliphatic carbocycles. The summed E-state index contributed by atoms with van der Waals surface area (Å²) >= 11 is 0. The molecule has 0 saturated heterocycles. The fraction of sp³-hybridized carbons (Fsp3) is 0. The lowest BCUT2D eigenvalue weighted by Crippen LogP contribution is -2.13. The highest BCUT2D eigenvalue weighted by Gasteiger charge is 2.22. The van der Waals surface area contributed by atoms with Crippen LogP contribution in [-0.4, -0.2) is 9.97 Å². The third kappa shape index (κ3) is 4.25. The highest BCUT2D eigenvalue weighted by molar-refractivity contribution is 6.13. The summed E-state index contributed by atoms with van der Waals surface area (Å²) in [6, 6.07) is 47.5. The van der Waals surface area contributed by atoms with Crippen LogP contribution in [0.25, 0.3) is 66.1 Å². The van der Waals surface area contributed by atoms with Crippen LogP contribution in [0, 0.1) is 0 Å². The van der Waals surface area contributed by atoms with Crippen molar-refractivity contribution in [3.05, 3.63) is 152 Å². The molecular formula is C40H25N3O2. The molecule has 212 valence electrons. The molecule has 9 aromatic rings. The predicted octanol–water partition coefficient (Wildman–Crippen LogP) is 11.1. The molecule has 3 aromatic heterocycles. The second kappa shape index (κ2) is 10.2. The Kier molecular flexibility index (Phi) is 5.74. The van der Waals surface area contributed by atoms with E-state index in [4.69, 9.17) is 18.8 Å². The molecule has 0 bridgehead atoms. The summed E-state index contributed by atoms with van der Waals surface area (Å²) in [7, 11) is 0. The summed E-state index contributed by atoms with van der Waals surface area (Å²) in [5, 5.41) is 4.19. The van der Waals surface area contributed by atoms with Crippen molar-refractivity contribution in [1.82, 2.24) is 9.97 Å². The van der Waals surface area contributed by atoms with Gasteiger partial charge in [-0.3, -0.25) is 4.90 Å². The van der Waals surface area contributed by atoms with Crippen LogP contribution >= 0.6 is 0 Å². The lowest BCUT2D eigenvalue weighted by molar-refractivity contribution is 0.669. The summed E-state index contributed by atoms with van der Waals surface area (Å²) in [4.78, 5) is 12.0. The SMILES string of the molecule is c1ccc(-c2ccc(-c3cnc(N(c4ccc5c(c4)oc4ccccc45)c4cccc5oc6ccccc6c45)nc3)cc2)cc1. The Morgan fingerprint density at radius 1 is 0.422 bits per heavy atom. The van der Waals surface area contributed by atoms with E-state index >= 15 is 0 Å². The van der Waals surface area contributed by atoms with Gasteiger partial charge in [0.15, 0.2) is 0 Å². The van der Waals surface area contributed by atoms with Crippen molar-refractivity contribution in [3.63, 3.8) is 0 Å². The summed E-state index contributed by atoms with van der Waals surface area (Å²) < 4.78 is 12.5. The van der Waals surface area contributed by atoms with Crippen molar-refractivity contribution < 1.29 is 8.83 Å². The van der Waals surface area contributed by atoms with Crippen LogP contribution < -0.4 is 4.90 Å². The minimum absolute atomic E-state index is 0.549. The minimum atomic E-state index is 0.549. The topological polar surface area (TPSA) is 55.3 Å². The molecule has 5 nitrogen and oxygen atoms in total. The van der Waals surface area contributed by atoms with Gasteiger partial charge in [-0.25, -0.2) is 9.97 Å². The number of anilines is 3. The number of nitrogens with zero attached hydrogens (tertiary/aromatic N) is 3. The van der Waals surface area contributed by atoms with Gasteiger partial charge in [-0.05, 0) is 53.1 Å². The Morgan fingerprint density at radius 3 is 1.78 bits per heavy atom. The van der Waals surface area contributed by atoms with Gasteiger partial charge in [0, 0.05) is 40.2 Å². The molecule has 0 aliphatic rings. The third-order valence-corrected chi connectivity index (χ3v) is 8.41. The number of para-hydroxylation sites is 2. The number of hydrogen-bond donors (Lipinski definition) is 0. The number of furan rings is 2. The number of fused-ring (bicyclic) bond motifs is 6. The Labute approximate surface area is 258 Å². The van der Waals surface area contributed by atoms with E-state index in [1.54, 1.807) is 0 Å². The second-order valence-corrected chi connectivity index (χ2v) is 11.1. The number of aromatic nitrogens is 2. The first kappa shape index (κ1) is 25.3. The van der Waals surface area contributed by atoms with Crippen LogP contribution in [0.2, 0.25) is 0 Å². The number of benzene rings is 6. The lowest BCUT2D eigenvalue weighted by Gasteiger charge is -2.24. The van der Waals surface area contributed by atoms with Crippen LogP contribution in [-0.2, 0) is 0 Å². The van der Waals surface area contributed by atoms with Gasteiger partial charge >= 0.3 is 0 Å². The predicted molar refractivity (Wildman–Crippen MR) is 182 cm³/mol. The van der Waals surface area contributed by atoms with E-state index in [0.29, 0.717) is 5.95 Å². The normalized spacial score (nSPS) is 11.6. The highest BCUT2D eigenvalue weighted by Crippen LogP contribution is 2.43. The van der Waals surface area contributed by atoms with Gasteiger partial charge in [0.1, 0.15) is 22.3 Å². The zero-order chi connectivity index (χ0) is 29.7. The lowest BCUT2D eigenvalue weighted by atomic mass is 10.0. The van der Waals surface area contributed by atoms with Crippen molar-refractivity contribution >= 4 is 61.2 Å². The number of hydrogen-bond acceptors (Lipinski definition) is 5. The first-order valence-corrected chi connectivity index (χ1v) is 14.9. The smallest absolute Gasteiger partial charge is 0.234 e. The largest absolute Gasteiger partial charge is 0.456 e. The van der Waals surface area contributed by atoms with Gasteiger partial charge < -0.3 is 8.83 Å². The van der Waals surface area contributed by atoms with E-state index in [0.717, 1.165) is 66.4 Å². The number of rotatable bonds is 5. The summed E-state index contributed by atoms with van der Waals surface area (Å²) in [5.74, 6) is 0.549. The maximum Gasteiger partial charge on any atom is 0.234 e. The Bertz CT molecular complexity index is 2480. The van der Waals surface area contributed by atoms with Crippen LogP contribution in [0.15, 0.2) is 161 Å². The highest BCUT2D eigenvalue weighted by atomic mass is 16.3. The van der Waals surface area contributed by atoms with E-state index in [1.165, 1.54) is 11.1 Å². The van der Waals surface area contributed by atoms with Crippen LogP contribution in [0.5, 0.6) is 0 Å². The molecule has 0 aliphatic heterocycles. The van der Waals surface area contributed by atoms with Crippen molar-refractivity contribution in [3.8, 4) is 22.3 Å². The molecule has 0 unspecified atom stereocenters. The van der Waals surface area contributed by atoms with Gasteiger partial charge in [-0.1, -0.05) is 97.1 Å². The van der Waals surface area contributed by atoms with Gasteiger partial charge in [0.05, 0.1) is 16.8 Å². The Morgan fingerprint density at radius 2 is 1.00 bits per heavy atom. The molecule has 0 saturated carbocycles. The first-order valence-electron chi connectivity index (χ1n) is 14.9. The van der Waals surface area contributed by atoms with Gasteiger partial charge in [0.2, 0.25) is 5.95 Å². The van der Waals surface area contributed by atoms with Gasteiger partial charge in [-0.15, -0.1) is 0 Å². The Hall–Kier alpha value is -6.20. The maximum absolute atomic E-state index is 6.29. The van der Waals surface area contributed by atoms with Crippen LogP contribution in [0.1, 0.15) is 0 Å². The van der Waals surface area contributed by atoms with E-state index in [9.17, 15) is 0 Å². The van der Waals surface area contributed by atoms with E-state index in [1.807, 2.05) is 67.0 Å². The molecule has 0 fully saturated rings. The quantitative estimate of drug-likeness (QED) is 0.203. The molecule has 0 radical (unpaired) electrons. The average Bonchev–Trinajstić information content (AvgIpc) is 3.68. The van der Waals surface area contributed by atoms with Gasteiger partial charge in [-0.2, -0.15) is 0 Å². The summed E-state index contributed by atoms with van der Waals surface area (Å²) in [5.41, 5.74) is 9.47. The monoisotopic (exact) mass is 579 g/mol. The molecule has 0 amide bonds. The molecule has 3 heterocycles.